The summed E-state index contributed by atoms with van der Waals surface area (Å²) in [5.41, 5.74) is 10.5. The van der Waals surface area contributed by atoms with E-state index < -0.39 is 5.91 Å². The summed E-state index contributed by atoms with van der Waals surface area (Å²) in [7, 11) is 0. The largest absolute Gasteiger partial charge is 0.493 e. The van der Waals surface area contributed by atoms with Gasteiger partial charge in [-0.1, -0.05) is 17.7 Å². The van der Waals surface area contributed by atoms with Crippen LogP contribution in [0.5, 0.6) is 5.75 Å². The highest BCUT2D eigenvalue weighted by atomic mass is 16.5. The van der Waals surface area contributed by atoms with Crippen molar-refractivity contribution in [3.05, 3.63) is 71.0 Å². The molecular weight excluding hydrogens is 380 g/mol. The molecule has 0 aliphatic heterocycles. The van der Waals surface area contributed by atoms with Gasteiger partial charge >= 0.3 is 0 Å². The van der Waals surface area contributed by atoms with E-state index in [-0.39, 0.29) is 18.9 Å². The highest BCUT2D eigenvalue weighted by Gasteiger charge is 2.27. The predicted molar refractivity (Wildman–Crippen MR) is 114 cm³/mol. The summed E-state index contributed by atoms with van der Waals surface area (Å²) < 4.78 is 7.35. The van der Waals surface area contributed by atoms with Crippen LogP contribution in [0.15, 0.2) is 48.5 Å². The van der Waals surface area contributed by atoms with Crippen LogP contribution in [0, 0.1) is 6.92 Å². The van der Waals surface area contributed by atoms with Gasteiger partial charge in [-0.3, -0.25) is 9.59 Å². The number of hydrogen-bond donors (Lipinski definition) is 2. The van der Waals surface area contributed by atoms with Gasteiger partial charge in [0.15, 0.2) is 5.69 Å². The van der Waals surface area contributed by atoms with Gasteiger partial charge in [0.1, 0.15) is 5.75 Å². The van der Waals surface area contributed by atoms with Crippen LogP contribution in [0.25, 0.3) is 5.69 Å². The minimum atomic E-state index is -0.406. The Morgan fingerprint density at radius 3 is 2.53 bits per heavy atom. The molecule has 1 aromatic heterocycles. The third-order valence-electron chi connectivity index (χ3n) is 5.15. The van der Waals surface area contributed by atoms with Crippen molar-refractivity contribution >= 4 is 17.5 Å². The first kappa shape index (κ1) is 19.7. The number of nitrogens with zero attached hydrogens (tertiary/aromatic N) is 2. The average molecular weight is 404 g/mol. The fraction of sp³-hybridized carbons (Fsp3) is 0.261. The van der Waals surface area contributed by atoms with Crippen LogP contribution in [-0.4, -0.2) is 28.2 Å². The van der Waals surface area contributed by atoms with E-state index in [9.17, 15) is 9.59 Å². The second-order valence-electron chi connectivity index (χ2n) is 7.42. The summed E-state index contributed by atoms with van der Waals surface area (Å²) >= 11 is 0. The van der Waals surface area contributed by atoms with Gasteiger partial charge < -0.3 is 15.8 Å². The number of primary amides is 1. The van der Waals surface area contributed by atoms with Crippen LogP contribution < -0.4 is 15.8 Å². The lowest BCUT2D eigenvalue weighted by atomic mass is 10.2. The zero-order chi connectivity index (χ0) is 21.1. The van der Waals surface area contributed by atoms with Crippen molar-refractivity contribution in [2.24, 2.45) is 5.73 Å². The Morgan fingerprint density at radius 1 is 1.10 bits per heavy atom. The standard InChI is InChI=1S/C23H24N4O3/c1-15-5-9-17(10-6-15)27-20-4-2-3-19(20)22(26-27)23(29)25-16-7-11-18(12-8-16)30-14-13-21(24)28/h5-12H,2-4,13-14H2,1H3,(H2,24,28)(H,25,29). The fourth-order valence-corrected chi connectivity index (χ4v) is 3.61. The third kappa shape index (κ3) is 4.20. The number of anilines is 1. The topological polar surface area (TPSA) is 99.2 Å². The zero-order valence-corrected chi connectivity index (χ0v) is 16.9. The molecule has 0 atom stereocenters. The second kappa shape index (κ2) is 8.41. The molecule has 3 aromatic rings. The maximum Gasteiger partial charge on any atom is 0.276 e. The van der Waals surface area contributed by atoms with E-state index in [4.69, 9.17) is 10.5 Å². The quantitative estimate of drug-likeness (QED) is 0.632. The molecular formula is C23H24N4O3. The summed E-state index contributed by atoms with van der Waals surface area (Å²) in [6.45, 7) is 2.27. The van der Waals surface area contributed by atoms with Gasteiger partial charge in [-0.25, -0.2) is 4.68 Å². The Morgan fingerprint density at radius 2 is 1.83 bits per heavy atom. The molecule has 3 N–H and O–H groups in total. The lowest BCUT2D eigenvalue weighted by Crippen LogP contribution is -2.15. The number of ether oxygens (including phenoxy) is 1. The maximum atomic E-state index is 12.9. The van der Waals surface area contributed by atoms with Crippen LogP contribution in [0.2, 0.25) is 0 Å². The van der Waals surface area contributed by atoms with E-state index in [1.54, 1.807) is 24.3 Å². The Hall–Kier alpha value is -3.61. The number of benzene rings is 2. The van der Waals surface area contributed by atoms with Gasteiger partial charge in [0.2, 0.25) is 5.91 Å². The monoisotopic (exact) mass is 404 g/mol. The van der Waals surface area contributed by atoms with Crippen molar-refractivity contribution in [3.8, 4) is 11.4 Å². The van der Waals surface area contributed by atoms with Crippen LogP contribution >= 0.6 is 0 Å². The van der Waals surface area contributed by atoms with Crippen molar-refractivity contribution in [3.63, 3.8) is 0 Å². The van der Waals surface area contributed by atoms with Crippen LogP contribution in [0.4, 0.5) is 5.69 Å². The molecule has 0 fully saturated rings. The van der Waals surface area contributed by atoms with E-state index in [1.807, 2.05) is 35.9 Å². The molecule has 0 radical (unpaired) electrons. The molecule has 7 heteroatoms. The summed E-state index contributed by atoms with van der Waals surface area (Å²) in [6, 6.07) is 15.1. The number of rotatable bonds is 7. The number of carbonyl (C=O) groups excluding carboxylic acids is 2. The summed E-state index contributed by atoms with van der Waals surface area (Å²) in [5, 5.41) is 7.56. The van der Waals surface area contributed by atoms with E-state index >= 15 is 0 Å². The predicted octanol–water partition coefficient (Wildman–Crippen LogP) is 3.18. The first-order chi connectivity index (χ1) is 14.5. The van der Waals surface area contributed by atoms with Crippen LogP contribution in [0.3, 0.4) is 0 Å². The van der Waals surface area contributed by atoms with Gasteiger partial charge in [0, 0.05) is 16.9 Å². The van der Waals surface area contributed by atoms with Crippen molar-refractivity contribution in [1.29, 1.82) is 0 Å². The number of aromatic nitrogens is 2. The van der Waals surface area contributed by atoms with Gasteiger partial charge in [-0.15, -0.1) is 0 Å². The number of nitrogens with one attached hydrogen (secondary N) is 1. The normalized spacial score (nSPS) is 12.4. The second-order valence-corrected chi connectivity index (χ2v) is 7.42. The molecule has 0 unspecified atom stereocenters. The first-order valence-electron chi connectivity index (χ1n) is 10.0. The average Bonchev–Trinajstić information content (AvgIpc) is 3.32. The fourth-order valence-electron chi connectivity index (χ4n) is 3.61. The van der Waals surface area contributed by atoms with Crippen molar-refractivity contribution < 1.29 is 14.3 Å². The number of carbonyl (C=O) groups is 2. The Kier molecular flexibility index (Phi) is 5.52. The molecule has 1 heterocycles. The molecule has 0 saturated carbocycles. The Balaban J connectivity index is 1.49. The molecule has 1 aliphatic rings. The number of hydrogen-bond acceptors (Lipinski definition) is 4. The molecule has 4 rings (SSSR count). The van der Waals surface area contributed by atoms with Gasteiger partial charge in [0.05, 0.1) is 18.7 Å². The van der Waals surface area contributed by atoms with Crippen LogP contribution in [-0.2, 0) is 17.6 Å². The van der Waals surface area contributed by atoms with Crippen LogP contribution in [0.1, 0.15) is 40.2 Å². The molecule has 0 saturated heterocycles. The Labute approximate surface area is 174 Å². The van der Waals surface area contributed by atoms with E-state index in [1.165, 1.54) is 5.56 Å². The minimum absolute atomic E-state index is 0.160. The lowest BCUT2D eigenvalue weighted by molar-refractivity contribution is -0.118. The van der Waals surface area contributed by atoms with Gasteiger partial charge in [-0.05, 0) is 62.6 Å². The number of nitrogens with two attached hydrogens (primary N) is 1. The van der Waals surface area contributed by atoms with E-state index in [0.29, 0.717) is 17.1 Å². The summed E-state index contributed by atoms with van der Waals surface area (Å²) in [6.07, 6.45) is 2.96. The molecule has 7 nitrogen and oxygen atoms in total. The highest BCUT2D eigenvalue weighted by molar-refractivity contribution is 6.04. The zero-order valence-electron chi connectivity index (χ0n) is 16.9. The Bertz CT molecular complexity index is 1070. The van der Waals surface area contributed by atoms with Gasteiger partial charge in [0.25, 0.3) is 5.91 Å². The van der Waals surface area contributed by atoms with E-state index in [0.717, 1.165) is 36.2 Å². The van der Waals surface area contributed by atoms with Crippen molar-refractivity contribution in [2.75, 3.05) is 11.9 Å². The van der Waals surface area contributed by atoms with Crippen molar-refractivity contribution in [2.45, 2.75) is 32.6 Å². The highest BCUT2D eigenvalue weighted by Crippen LogP contribution is 2.28. The molecule has 2 amide bonds. The molecule has 0 bridgehead atoms. The number of fused-ring (bicyclic) bond motifs is 1. The summed E-state index contributed by atoms with van der Waals surface area (Å²) in [5.74, 6) is -0.0170. The molecule has 0 spiro atoms. The minimum Gasteiger partial charge on any atom is -0.493 e. The first-order valence-corrected chi connectivity index (χ1v) is 10.0. The van der Waals surface area contributed by atoms with Crippen molar-refractivity contribution in [1.82, 2.24) is 9.78 Å². The third-order valence-corrected chi connectivity index (χ3v) is 5.15. The summed E-state index contributed by atoms with van der Waals surface area (Å²) in [4.78, 5) is 23.7. The maximum absolute atomic E-state index is 12.9. The molecule has 154 valence electrons. The number of amides is 2. The number of aryl methyl sites for hydroxylation is 1. The molecule has 2 aromatic carbocycles. The smallest absolute Gasteiger partial charge is 0.276 e. The molecule has 30 heavy (non-hydrogen) atoms. The lowest BCUT2D eigenvalue weighted by Gasteiger charge is -2.08. The van der Waals surface area contributed by atoms with Gasteiger partial charge in [-0.2, -0.15) is 5.10 Å². The molecule has 1 aliphatic carbocycles. The SMILES string of the molecule is Cc1ccc(-n2nc(C(=O)Nc3ccc(OCCC(N)=O)cc3)c3c2CCC3)cc1. The van der Waals surface area contributed by atoms with E-state index in [2.05, 4.69) is 10.4 Å².